The number of halogens is 3. The summed E-state index contributed by atoms with van der Waals surface area (Å²) in [6, 6.07) is 0. The first-order chi connectivity index (χ1) is 6.94. The first kappa shape index (κ1) is 10.5. The van der Waals surface area contributed by atoms with Crippen LogP contribution in [-0.2, 0) is 19.5 Å². The van der Waals surface area contributed by atoms with E-state index < -0.39 is 12.7 Å². The zero-order valence-corrected chi connectivity index (χ0v) is 8.38. The van der Waals surface area contributed by atoms with Gasteiger partial charge in [-0.05, 0) is 19.0 Å². The highest BCUT2D eigenvalue weighted by Crippen LogP contribution is 2.20. The van der Waals surface area contributed by atoms with E-state index in [0.29, 0.717) is 6.54 Å². The minimum atomic E-state index is -4.19. The molecule has 1 aliphatic rings. The molecule has 0 unspecified atom stereocenters. The van der Waals surface area contributed by atoms with Crippen LogP contribution in [0, 0.1) is 0 Å². The molecule has 84 valence electrons. The minimum absolute atomic E-state index is 0.639. The molecule has 0 saturated heterocycles. The van der Waals surface area contributed by atoms with Gasteiger partial charge in [-0.1, -0.05) is 0 Å². The predicted molar refractivity (Wildman–Crippen MR) is 48.3 cm³/mol. The minimum Gasteiger partial charge on any atom is -0.300 e. The lowest BCUT2D eigenvalue weighted by molar-refractivity contribution is -0.142. The second-order valence-electron chi connectivity index (χ2n) is 3.90. The molecule has 6 heteroatoms. The van der Waals surface area contributed by atoms with Crippen molar-refractivity contribution >= 4 is 0 Å². The van der Waals surface area contributed by atoms with Crippen molar-refractivity contribution in [2.45, 2.75) is 25.7 Å². The van der Waals surface area contributed by atoms with Crippen LogP contribution in [-0.4, -0.2) is 34.4 Å². The molecule has 0 bridgehead atoms. The Labute approximate surface area is 85.5 Å². The Morgan fingerprint density at radius 3 is 2.87 bits per heavy atom. The van der Waals surface area contributed by atoms with E-state index in [0.717, 1.165) is 28.9 Å². The molecule has 0 atom stereocenters. The molecule has 2 rings (SSSR count). The van der Waals surface area contributed by atoms with Crippen molar-refractivity contribution in [3.05, 3.63) is 17.5 Å². The maximum Gasteiger partial charge on any atom is 0.408 e. The number of nitrogens with zero attached hydrogens (tertiary/aromatic N) is 3. The molecule has 0 aromatic carbocycles. The lowest BCUT2D eigenvalue weighted by atomic mass is 10.1. The number of hydrogen-bond acceptors (Lipinski definition) is 2. The van der Waals surface area contributed by atoms with Crippen LogP contribution in [0.25, 0.3) is 0 Å². The highest BCUT2D eigenvalue weighted by atomic mass is 19.4. The summed E-state index contributed by atoms with van der Waals surface area (Å²) in [4.78, 5) is 2.05. The molecule has 15 heavy (non-hydrogen) atoms. The van der Waals surface area contributed by atoms with Gasteiger partial charge in [0.05, 0.1) is 5.69 Å². The SMILES string of the molecule is CN1CCc2cn(CC(F)(F)F)nc2C1. The zero-order valence-electron chi connectivity index (χ0n) is 8.38. The third-order valence-electron chi connectivity index (χ3n) is 2.45. The Bertz CT molecular complexity index is 356. The van der Waals surface area contributed by atoms with Gasteiger partial charge in [0.1, 0.15) is 6.54 Å². The molecular weight excluding hydrogens is 207 g/mol. The average molecular weight is 219 g/mol. The molecule has 1 aromatic heterocycles. The maximum absolute atomic E-state index is 12.1. The van der Waals surface area contributed by atoms with E-state index in [2.05, 4.69) is 5.10 Å². The number of alkyl halides is 3. The van der Waals surface area contributed by atoms with Crippen molar-refractivity contribution in [2.24, 2.45) is 0 Å². The van der Waals surface area contributed by atoms with Gasteiger partial charge in [-0.15, -0.1) is 0 Å². The Morgan fingerprint density at radius 2 is 2.20 bits per heavy atom. The standard InChI is InChI=1S/C9H12F3N3/c1-14-3-2-7-4-15(6-9(10,11)12)13-8(7)5-14/h4H,2-3,5-6H2,1H3. The van der Waals surface area contributed by atoms with Crippen LogP contribution in [0.5, 0.6) is 0 Å². The van der Waals surface area contributed by atoms with Crippen LogP contribution in [0.1, 0.15) is 11.3 Å². The molecule has 0 amide bonds. The summed E-state index contributed by atoms with van der Waals surface area (Å²) in [5, 5.41) is 3.94. The Kier molecular flexibility index (Phi) is 2.46. The molecule has 0 spiro atoms. The van der Waals surface area contributed by atoms with E-state index in [-0.39, 0.29) is 0 Å². The second-order valence-corrected chi connectivity index (χ2v) is 3.90. The fraction of sp³-hybridized carbons (Fsp3) is 0.667. The van der Waals surface area contributed by atoms with Crippen LogP contribution in [0.3, 0.4) is 0 Å². The van der Waals surface area contributed by atoms with Crippen molar-refractivity contribution in [3.8, 4) is 0 Å². The van der Waals surface area contributed by atoms with Crippen molar-refractivity contribution in [3.63, 3.8) is 0 Å². The number of fused-ring (bicyclic) bond motifs is 1. The number of likely N-dealkylation sites (N-methyl/N-ethyl adjacent to an activating group) is 1. The molecule has 1 aliphatic heterocycles. The quantitative estimate of drug-likeness (QED) is 0.712. The average Bonchev–Trinajstić information content (AvgIpc) is 2.42. The molecule has 3 nitrogen and oxygen atoms in total. The topological polar surface area (TPSA) is 21.1 Å². The van der Waals surface area contributed by atoms with Gasteiger partial charge in [-0.3, -0.25) is 4.68 Å². The molecule has 1 aromatic rings. The van der Waals surface area contributed by atoms with E-state index in [4.69, 9.17) is 0 Å². The molecule has 0 N–H and O–H groups in total. The fourth-order valence-electron chi connectivity index (χ4n) is 1.76. The number of hydrogen-bond donors (Lipinski definition) is 0. The largest absolute Gasteiger partial charge is 0.408 e. The molecule has 0 saturated carbocycles. The van der Waals surface area contributed by atoms with E-state index >= 15 is 0 Å². The molecule has 0 fully saturated rings. The zero-order chi connectivity index (χ0) is 11.1. The van der Waals surface area contributed by atoms with Gasteiger partial charge in [0.2, 0.25) is 0 Å². The van der Waals surface area contributed by atoms with Gasteiger partial charge in [0.25, 0.3) is 0 Å². The summed E-state index contributed by atoms with van der Waals surface area (Å²) in [5.74, 6) is 0. The molecule has 0 radical (unpaired) electrons. The smallest absolute Gasteiger partial charge is 0.300 e. The summed E-state index contributed by atoms with van der Waals surface area (Å²) in [7, 11) is 1.94. The lowest BCUT2D eigenvalue weighted by Gasteiger charge is -2.20. The summed E-state index contributed by atoms with van der Waals surface area (Å²) >= 11 is 0. The van der Waals surface area contributed by atoms with E-state index in [9.17, 15) is 13.2 Å². The fourth-order valence-corrected chi connectivity index (χ4v) is 1.76. The Balaban J connectivity index is 2.16. The lowest BCUT2D eigenvalue weighted by Crippen LogP contribution is -2.26. The first-order valence-corrected chi connectivity index (χ1v) is 4.74. The molecule has 2 heterocycles. The highest BCUT2D eigenvalue weighted by molar-refractivity contribution is 5.19. The Hall–Kier alpha value is -1.04. The van der Waals surface area contributed by atoms with Gasteiger partial charge in [-0.2, -0.15) is 18.3 Å². The molecular formula is C9H12F3N3. The van der Waals surface area contributed by atoms with Crippen molar-refractivity contribution in [1.82, 2.24) is 14.7 Å². The summed E-state index contributed by atoms with van der Waals surface area (Å²) in [6.45, 7) is 0.522. The Morgan fingerprint density at radius 1 is 1.47 bits per heavy atom. The predicted octanol–water partition coefficient (Wildman–Crippen LogP) is 1.43. The number of rotatable bonds is 1. The summed E-state index contributed by atoms with van der Waals surface area (Å²) in [6.07, 6.45) is -1.90. The van der Waals surface area contributed by atoms with Gasteiger partial charge >= 0.3 is 6.18 Å². The van der Waals surface area contributed by atoms with Gasteiger partial charge < -0.3 is 4.90 Å². The highest BCUT2D eigenvalue weighted by Gasteiger charge is 2.29. The summed E-state index contributed by atoms with van der Waals surface area (Å²) < 4.78 is 37.3. The maximum atomic E-state index is 12.1. The second kappa shape index (κ2) is 3.52. The third-order valence-corrected chi connectivity index (χ3v) is 2.45. The van der Waals surface area contributed by atoms with Crippen LogP contribution < -0.4 is 0 Å². The monoisotopic (exact) mass is 219 g/mol. The molecule has 0 aliphatic carbocycles. The van der Waals surface area contributed by atoms with Crippen LogP contribution in [0.4, 0.5) is 13.2 Å². The van der Waals surface area contributed by atoms with Gasteiger partial charge in [0, 0.05) is 19.3 Å². The summed E-state index contributed by atoms with van der Waals surface area (Å²) in [5.41, 5.74) is 1.71. The van der Waals surface area contributed by atoms with E-state index in [1.165, 1.54) is 6.20 Å². The first-order valence-electron chi connectivity index (χ1n) is 4.74. The normalized spacial score (nSPS) is 17.9. The van der Waals surface area contributed by atoms with Crippen LogP contribution in [0.15, 0.2) is 6.20 Å². The third kappa shape index (κ3) is 2.50. The number of aromatic nitrogens is 2. The van der Waals surface area contributed by atoms with E-state index in [1.54, 1.807) is 0 Å². The van der Waals surface area contributed by atoms with Gasteiger partial charge in [-0.25, -0.2) is 0 Å². The van der Waals surface area contributed by atoms with Crippen LogP contribution >= 0.6 is 0 Å². The van der Waals surface area contributed by atoms with Crippen molar-refractivity contribution < 1.29 is 13.2 Å². The van der Waals surface area contributed by atoms with E-state index in [1.807, 2.05) is 11.9 Å². The van der Waals surface area contributed by atoms with Crippen molar-refractivity contribution in [1.29, 1.82) is 0 Å². The van der Waals surface area contributed by atoms with Crippen molar-refractivity contribution in [2.75, 3.05) is 13.6 Å². The van der Waals surface area contributed by atoms with Crippen LogP contribution in [0.2, 0.25) is 0 Å². The van der Waals surface area contributed by atoms with Gasteiger partial charge in [0.15, 0.2) is 0 Å².